The monoisotopic (exact) mass is 470 g/mol. The molecule has 168 valence electrons. The van der Waals surface area contributed by atoms with Gasteiger partial charge in [0, 0.05) is 12.6 Å². The Morgan fingerprint density at radius 1 is 1.17 bits per heavy atom. The molecule has 0 aliphatic rings. The fourth-order valence-electron chi connectivity index (χ4n) is 2.93. The summed E-state index contributed by atoms with van der Waals surface area (Å²) in [7, 11) is -2.33. The lowest BCUT2D eigenvalue weighted by atomic mass is 10.1. The van der Waals surface area contributed by atoms with Crippen LogP contribution in [-0.2, 0) is 33.3 Å². The van der Waals surface area contributed by atoms with Crippen molar-refractivity contribution in [2.75, 3.05) is 6.16 Å². The van der Waals surface area contributed by atoms with Gasteiger partial charge in [-0.1, -0.05) is 17.7 Å². The molecule has 2 rings (SSSR count). The summed E-state index contributed by atoms with van der Waals surface area (Å²) >= 11 is 5.88. The van der Waals surface area contributed by atoms with Crippen molar-refractivity contribution in [3.05, 3.63) is 40.3 Å². The number of alkyl halides is 3. The van der Waals surface area contributed by atoms with E-state index in [9.17, 15) is 22.1 Å². The molecule has 0 saturated carbocycles. The van der Waals surface area contributed by atoms with E-state index in [0.29, 0.717) is 10.2 Å². The van der Waals surface area contributed by atoms with E-state index >= 15 is 0 Å². The van der Waals surface area contributed by atoms with Gasteiger partial charge in [0.25, 0.3) is 0 Å². The van der Waals surface area contributed by atoms with Crippen LogP contribution >= 0.6 is 19.2 Å². The number of benzene rings is 1. The molecule has 1 heterocycles. The van der Waals surface area contributed by atoms with Crippen LogP contribution in [0.5, 0.6) is 0 Å². The summed E-state index contributed by atoms with van der Waals surface area (Å²) in [5.41, 5.74) is -1.12. The first kappa shape index (κ1) is 24.9. The Hall–Kier alpha value is -1.41. The maximum Gasteiger partial charge on any atom is 0.434 e. The van der Waals surface area contributed by atoms with Gasteiger partial charge >= 0.3 is 13.8 Å². The maximum atomic E-state index is 14.4. The van der Waals surface area contributed by atoms with Gasteiger partial charge in [-0.15, -0.1) is 0 Å². The van der Waals surface area contributed by atoms with Crippen LogP contribution < -0.4 is 0 Å². The molecule has 2 aromatic rings. The van der Waals surface area contributed by atoms with Crippen LogP contribution in [0.3, 0.4) is 0 Å². The quantitative estimate of drug-likeness (QED) is 0.327. The Bertz CT molecular complexity index is 931. The van der Waals surface area contributed by atoms with Gasteiger partial charge in [-0.3, -0.25) is 9.25 Å². The standard InChI is InChI=1S/C19H24ClF4N2O3P/c1-11(2)28-30(27,29-12(3)4)9-8-13-6-7-15(21)14(10-13)17-16(20)18(19(22,23)24)26(5)25-17/h6-7,10-12H,8-9H2,1-5H3. The number of halogens is 5. The zero-order chi connectivity index (χ0) is 22.9. The lowest BCUT2D eigenvalue weighted by Gasteiger charge is -2.22. The fourth-order valence-corrected chi connectivity index (χ4v) is 5.37. The van der Waals surface area contributed by atoms with E-state index in [2.05, 4.69) is 5.10 Å². The Morgan fingerprint density at radius 3 is 2.20 bits per heavy atom. The van der Waals surface area contributed by atoms with Crippen LogP contribution in [0.2, 0.25) is 5.02 Å². The molecule has 0 unspecified atom stereocenters. The predicted molar refractivity (Wildman–Crippen MR) is 107 cm³/mol. The highest BCUT2D eigenvalue weighted by Gasteiger charge is 2.39. The van der Waals surface area contributed by atoms with E-state index in [1.165, 1.54) is 12.1 Å². The van der Waals surface area contributed by atoms with Crippen molar-refractivity contribution < 1.29 is 31.2 Å². The first-order valence-corrected chi connectivity index (χ1v) is 11.4. The summed E-state index contributed by atoms with van der Waals surface area (Å²) in [6.07, 6.45) is -5.17. The molecule has 0 spiro atoms. The highest BCUT2D eigenvalue weighted by Crippen LogP contribution is 2.51. The molecule has 30 heavy (non-hydrogen) atoms. The number of aromatic nitrogens is 2. The number of nitrogens with zero attached hydrogens (tertiary/aromatic N) is 2. The van der Waals surface area contributed by atoms with Crippen LogP contribution in [0.4, 0.5) is 17.6 Å². The van der Waals surface area contributed by atoms with Crippen molar-refractivity contribution in [1.29, 1.82) is 0 Å². The van der Waals surface area contributed by atoms with Gasteiger partial charge in [-0.25, -0.2) is 4.39 Å². The van der Waals surface area contributed by atoms with Gasteiger partial charge in [0.1, 0.15) is 11.5 Å². The molecule has 0 N–H and O–H groups in total. The highest BCUT2D eigenvalue weighted by molar-refractivity contribution is 7.53. The molecule has 5 nitrogen and oxygen atoms in total. The third-order valence-corrected chi connectivity index (χ3v) is 6.58. The van der Waals surface area contributed by atoms with Gasteiger partial charge in [0.2, 0.25) is 0 Å². The molecule has 1 aromatic heterocycles. The average molecular weight is 471 g/mol. The summed E-state index contributed by atoms with van der Waals surface area (Å²) in [5, 5.41) is 3.07. The van der Waals surface area contributed by atoms with E-state index in [1.54, 1.807) is 27.7 Å². The second-order valence-corrected chi connectivity index (χ2v) is 9.81. The summed E-state index contributed by atoms with van der Waals surface area (Å²) in [5.74, 6) is -0.771. The number of rotatable bonds is 8. The molecule has 0 bridgehead atoms. The Labute approximate surface area is 177 Å². The van der Waals surface area contributed by atoms with E-state index < -0.39 is 30.3 Å². The Morgan fingerprint density at radius 2 is 1.73 bits per heavy atom. The SMILES string of the molecule is CC(C)OP(=O)(CCc1ccc(F)c(-c2nn(C)c(C(F)(F)F)c2Cl)c1)OC(C)C. The summed E-state index contributed by atoms with van der Waals surface area (Å²) in [6, 6.07) is 3.91. The number of hydrogen-bond acceptors (Lipinski definition) is 4. The molecule has 0 aliphatic carbocycles. The molecule has 0 saturated heterocycles. The van der Waals surface area contributed by atoms with Crippen LogP contribution in [0.25, 0.3) is 11.3 Å². The van der Waals surface area contributed by atoms with Gasteiger partial charge < -0.3 is 9.05 Å². The molecule has 0 atom stereocenters. The minimum atomic E-state index is -4.74. The van der Waals surface area contributed by atoms with Gasteiger partial charge in [-0.2, -0.15) is 18.3 Å². The Balaban J connectivity index is 2.35. The second-order valence-electron chi connectivity index (χ2n) is 7.34. The Kier molecular flexibility index (Phi) is 7.78. The molecule has 0 radical (unpaired) electrons. The van der Waals surface area contributed by atoms with Crippen molar-refractivity contribution in [2.24, 2.45) is 7.05 Å². The first-order valence-electron chi connectivity index (χ1n) is 9.28. The van der Waals surface area contributed by atoms with Crippen molar-refractivity contribution in [3.8, 4) is 11.3 Å². The second kappa shape index (κ2) is 9.39. The van der Waals surface area contributed by atoms with Crippen LogP contribution in [0.15, 0.2) is 18.2 Å². The van der Waals surface area contributed by atoms with E-state index in [4.69, 9.17) is 20.6 Å². The molecule has 0 amide bonds. The minimum Gasteiger partial charge on any atom is -0.306 e. The van der Waals surface area contributed by atoms with Crippen LogP contribution in [0, 0.1) is 5.82 Å². The topological polar surface area (TPSA) is 53.3 Å². The first-order chi connectivity index (χ1) is 13.7. The fraction of sp³-hybridized carbons (Fsp3) is 0.526. The number of hydrogen-bond donors (Lipinski definition) is 0. The molecule has 0 fully saturated rings. The predicted octanol–water partition coefficient (Wildman–Crippen LogP) is 6.48. The molecule has 0 aliphatic heterocycles. The smallest absolute Gasteiger partial charge is 0.306 e. The normalized spacial score (nSPS) is 12.9. The van der Waals surface area contributed by atoms with Crippen molar-refractivity contribution in [3.63, 3.8) is 0 Å². The number of aryl methyl sites for hydroxylation is 2. The van der Waals surface area contributed by atoms with Gasteiger partial charge in [-0.05, 0) is 51.8 Å². The minimum absolute atomic E-state index is 0.0260. The highest BCUT2D eigenvalue weighted by atomic mass is 35.5. The zero-order valence-electron chi connectivity index (χ0n) is 17.3. The maximum absolute atomic E-state index is 14.4. The van der Waals surface area contributed by atoms with Crippen LogP contribution in [0.1, 0.15) is 39.0 Å². The zero-order valence-corrected chi connectivity index (χ0v) is 18.9. The molecular weight excluding hydrogens is 447 g/mol. The van der Waals surface area contributed by atoms with Crippen molar-refractivity contribution >= 4 is 19.2 Å². The van der Waals surface area contributed by atoms with Crippen LogP contribution in [-0.4, -0.2) is 28.2 Å². The van der Waals surface area contributed by atoms with Gasteiger partial charge in [0.05, 0.1) is 23.4 Å². The average Bonchev–Trinajstić information content (AvgIpc) is 2.87. The van der Waals surface area contributed by atoms with E-state index in [1.807, 2.05) is 0 Å². The third-order valence-electron chi connectivity index (χ3n) is 3.96. The van der Waals surface area contributed by atoms with Crippen molar-refractivity contribution in [2.45, 2.75) is 52.5 Å². The lowest BCUT2D eigenvalue weighted by Crippen LogP contribution is -2.12. The summed E-state index contributed by atoms with van der Waals surface area (Å²) in [6.45, 7) is 6.92. The molecular formula is C19H24ClF4N2O3P. The summed E-state index contributed by atoms with van der Waals surface area (Å²) < 4.78 is 78.4. The van der Waals surface area contributed by atoms with Gasteiger partial charge in [0.15, 0.2) is 5.69 Å². The van der Waals surface area contributed by atoms with E-state index in [-0.39, 0.29) is 36.0 Å². The largest absolute Gasteiger partial charge is 0.434 e. The molecule has 1 aromatic carbocycles. The third kappa shape index (κ3) is 6.06. The van der Waals surface area contributed by atoms with E-state index in [0.717, 1.165) is 13.1 Å². The van der Waals surface area contributed by atoms with Crippen molar-refractivity contribution in [1.82, 2.24) is 9.78 Å². The lowest BCUT2D eigenvalue weighted by molar-refractivity contribution is -0.143. The molecule has 11 heteroatoms. The summed E-state index contributed by atoms with van der Waals surface area (Å²) in [4.78, 5) is 0.